The van der Waals surface area contributed by atoms with Crippen LogP contribution in [0.5, 0.6) is 5.75 Å². The summed E-state index contributed by atoms with van der Waals surface area (Å²) in [6.07, 6.45) is 3.12. The van der Waals surface area contributed by atoms with Gasteiger partial charge in [0.15, 0.2) is 0 Å². The smallest absolute Gasteiger partial charge is 0.264 e. The summed E-state index contributed by atoms with van der Waals surface area (Å²) < 4.78 is 32.0. The number of hydrogen-bond donors (Lipinski definition) is 0. The summed E-state index contributed by atoms with van der Waals surface area (Å²) in [6.45, 7) is 3.58. The average Bonchev–Trinajstić information content (AvgIpc) is 2.49. The van der Waals surface area contributed by atoms with E-state index in [1.165, 1.54) is 17.5 Å². The van der Waals surface area contributed by atoms with Crippen molar-refractivity contribution in [1.82, 2.24) is 4.98 Å². The Morgan fingerprint density at radius 2 is 1.90 bits per heavy atom. The molecule has 0 atom stereocenters. The number of rotatable bonds is 4. The van der Waals surface area contributed by atoms with E-state index < -0.39 is 10.0 Å². The summed E-state index contributed by atoms with van der Waals surface area (Å²) in [5, 5.41) is 0. The minimum Gasteiger partial charge on any atom is -0.496 e. The quantitative estimate of drug-likeness (QED) is 0.871. The number of sulfonamides is 1. The molecule has 0 spiro atoms. The molecule has 5 nitrogen and oxygen atoms in total. The third kappa shape index (κ3) is 2.85. The molecule has 21 heavy (non-hydrogen) atoms. The van der Waals surface area contributed by atoms with Crippen LogP contribution in [-0.4, -0.2) is 27.6 Å². The minimum absolute atomic E-state index is 0.271. The van der Waals surface area contributed by atoms with E-state index in [2.05, 4.69) is 4.98 Å². The standard InChI is InChI=1S/C15H18N2O3S/c1-11-9-15(12(2)8-14(11)20-4)21(18,19)17(3)13-6-5-7-16-10-13/h5-10H,1-4H3. The lowest BCUT2D eigenvalue weighted by molar-refractivity contribution is 0.411. The fourth-order valence-electron chi connectivity index (χ4n) is 2.09. The van der Waals surface area contributed by atoms with Crippen LogP contribution in [0.3, 0.4) is 0 Å². The molecule has 0 N–H and O–H groups in total. The predicted octanol–water partition coefficient (Wildman–Crippen LogP) is 2.53. The summed E-state index contributed by atoms with van der Waals surface area (Å²) in [5.41, 5.74) is 1.94. The highest BCUT2D eigenvalue weighted by Crippen LogP contribution is 2.29. The number of aryl methyl sites for hydroxylation is 2. The summed E-state index contributed by atoms with van der Waals surface area (Å²) in [6, 6.07) is 6.78. The molecule has 0 aliphatic carbocycles. The van der Waals surface area contributed by atoms with E-state index in [1.807, 2.05) is 6.92 Å². The molecule has 0 saturated heterocycles. The van der Waals surface area contributed by atoms with Gasteiger partial charge >= 0.3 is 0 Å². The minimum atomic E-state index is -3.63. The molecule has 1 heterocycles. The highest BCUT2D eigenvalue weighted by molar-refractivity contribution is 7.92. The van der Waals surface area contributed by atoms with Gasteiger partial charge in [-0.2, -0.15) is 0 Å². The van der Waals surface area contributed by atoms with Gasteiger partial charge in [0.1, 0.15) is 5.75 Å². The first-order valence-corrected chi connectivity index (χ1v) is 7.86. The maximum absolute atomic E-state index is 12.8. The maximum atomic E-state index is 12.8. The van der Waals surface area contributed by atoms with Gasteiger partial charge in [-0.25, -0.2) is 8.42 Å². The highest BCUT2D eigenvalue weighted by atomic mass is 32.2. The van der Waals surface area contributed by atoms with Crippen LogP contribution in [0.25, 0.3) is 0 Å². The lowest BCUT2D eigenvalue weighted by Crippen LogP contribution is -2.27. The molecule has 0 unspecified atom stereocenters. The van der Waals surface area contributed by atoms with E-state index in [1.54, 1.807) is 44.5 Å². The highest BCUT2D eigenvalue weighted by Gasteiger charge is 2.24. The molecule has 6 heteroatoms. The van der Waals surface area contributed by atoms with E-state index in [9.17, 15) is 8.42 Å². The van der Waals surface area contributed by atoms with Crippen LogP contribution >= 0.6 is 0 Å². The second-order valence-corrected chi connectivity index (χ2v) is 6.71. The van der Waals surface area contributed by atoms with Crippen LogP contribution in [0, 0.1) is 13.8 Å². The molecule has 0 fully saturated rings. The van der Waals surface area contributed by atoms with Crippen molar-refractivity contribution in [3.05, 3.63) is 47.8 Å². The van der Waals surface area contributed by atoms with Crippen molar-refractivity contribution in [3.63, 3.8) is 0 Å². The lowest BCUT2D eigenvalue weighted by atomic mass is 10.1. The zero-order valence-electron chi connectivity index (χ0n) is 12.5. The average molecular weight is 306 g/mol. The van der Waals surface area contributed by atoms with Gasteiger partial charge in [-0.15, -0.1) is 0 Å². The number of anilines is 1. The molecule has 1 aromatic carbocycles. The molecule has 0 saturated carbocycles. The van der Waals surface area contributed by atoms with E-state index >= 15 is 0 Å². The van der Waals surface area contributed by atoms with Gasteiger partial charge in [-0.1, -0.05) is 0 Å². The van der Waals surface area contributed by atoms with Crippen LogP contribution in [0.2, 0.25) is 0 Å². The van der Waals surface area contributed by atoms with E-state index in [4.69, 9.17) is 4.74 Å². The van der Waals surface area contributed by atoms with Gasteiger partial charge in [0.05, 0.1) is 23.9 Å². The van der Waals surface area contributed by atoms with Gasteiger partial charge < -0.3 is 4.74 Å². The molecule has 0 aliphatic heterocycles. The van der Waals surface area contributed by atoms with E-state index in [0.29, 0.717) is 17.0 Å². The first-order valence-electron chi connectivity index (χ1n) is 6.42. The molecule has 0 aliphatic rings. The third-order valence-corrected chi connectivity index (χ3v) is 5.27. The Kier molecular flexibility index (Phi) is 4.18. The fourth-order valence-corrected chi connectivity index (χ4v) is 3.56. The molecular formula is C15H18N2O3S. The Labute approximate surface area is 125 Å². The SMILES string of the molecule is COc1cc(C)c(S(=O)(=O)N(C)c2cccnc2)cc1C. The third-order valence-electron chi connectivity index (χ3n) is 3.34. The van der Waals surface area contributed by atoms with Gasteiger partial charge in [-0.3, -0.25) is 9.29 Å². The van der Waals surface area contributed by atoms with Gasteiger partial charge in [-0.05, 0) is 49.2 Å². The molecule has 0 bridgehead atoms. The maximum Gasteiger partial charge on any atom is 0.264 e. The molecule has 2 rings (SSSR count). The summed E-state index contributed by atoms with van der Waals surface area (Å²) in [5.74, 6) is 0.676. The normalized spacial score (nSPS) is 11.2. The van der Waals surface area contributed by atoms with Crippen molar-refractivity contribution >= 4 is 15.7 Å². The van der Waals surface area contributed by atoms with Crippen molar-refractivity contribution in [3.8, 4) is 5.75 Å². The number of ether oxygens (including phenoxy) is 1. The molecular weight excluding hydrogens is 288 g/mol. The Morgan fingerprint density at radius 1 is 1.19 bits per heavy atom. The molecule has 1 aromatic heterocycles. The number of methoxy groups -OCH3 is 1. The monoisotopic (exact) mass is 306 g/mol. The van der Waals surface area contributed by atoms with Crippen LogP contribution in [0.15, 0.2) is 41.6 Å². The van der Waals surface area contributed by atoms with Crippen LogP contribution < -0.4 is 9.04 Å². The first-order chi connectivity index (χ1) is 9.87. The Bertz CT molecular complexity index is 743. The zero-order chi connectivity index (χ0) is 15.6. The van der Waals surface area contributed by atoms with Crippen molar-refractivity contribution < 1.29 is 13.2 Å². The molecule has 0 radical (unpaired) electrons. The topological polar surface area (TPSA) is 59.5 Å². The Hall–Kier alpha value is -2.08. The van der Waals surface area contributed by atoms with Crippen LogP contribution in [0.4, 0.5) is 5.69 Å². The van der Waals surface area contributed by atoms with E-state index in [-0.39, 0.29) is 4.90 Å². The second kappa shape index (κ2) is 5.73. The largest absolute Gasteiger partial charge is 0.496 e. The molecule has 2 aromatic rings. The van der Waals surface area contributed by atoms with Crippen molar-refractivity contribution in [2.45, 2.75) is 18.7 Å². The Balaban J connectivity index is 2.52. The summed E-state index contributed by atoms with van der Waals surface area (Å²) in [7, 11) is -0.546. The lowest BCUT2D eigenvalue weighted by Gasteiger charge is -2.21. The summed E-state index contributed by atoms with van der Waals surface area (Å²) >= 11 is 0. The number of benzene rings is 1. The number of nitrogens with zero attached hydrogens (tertiary/aromatic N) is 2. The fraction of sp³-hybridized carbons (Fsp3) is 0.267. The van der Waals surface area contributed by atoms with Gasteiger partial charge in [0.2, 0.25) is 0 Å². The molecule has 112 valence electrons. The molecule has 0 amide bonds. The predicted molar refractivity (Wildman–Crippen MR) is 82.3 cm³/mol. The van der Waals surface area contributed by atoms with Gasteiger partial charge in [0, 0.05) is 13.2 Å². The zero-order valence-corrected chi connectivity index (χ0v) is 13.3. The Morgan fingerprint density at radius 3 is 2.48 bits per heavy atom. The van der Waals surface area contributed by atoms with Crippen LogP contribution in [0.1, 0.15) is 11.1 Å². The first kappa shape index (κ1) is 15.3. The van der Waals surface area contributed by atoms with Crippen molar-refractivity contribution in [1.29, 1.82) is 0 Å². The van der Waals surface area contributed by atoms with E-state index in [0.717, 1.165) is 5.56 Å². The van der Waals surface area contributed by atoms with Crippen molar-refractivity contribution in [2.75, 3.05) is 18.5 Å². The summed E-state index contributed by atoms with van der Waals surface area (Å²) in [4.78, 5) is 4.22. The number of aromatic nitrogens is 1. The van der Waals surface area contributed by atoms with Gasteiger partial charge in [0.25, 0.3) is 10.0 Å². The number of pyridine rings is 1. The van der Waals surface area contributed by atoms with Crippen LogP contribution in [-0.2, 0) is 10.0 Å². The number of hydrogen-bond acceptors (Lipinski definition) is 4. The van der Waals surface area contributed by atoms with Crippen molar-refractivity contribution in [2.24, 2.45) is 0 Å². The second-order valence-electron chi connectivity index (χ2n) is 4.77.